The van der Waals surface area contributed by atoms with Crippen LogP contribution in [0.2, 0.25) is 0 Å². The second-order valence-electron chi connectivity index (χ2n) is 7.43. The predicted molar refractivity (Wildman–Crippen MR) is 101 cm³/mol. The number of fused-ring (bicyclic) bond motifs is 1. The third-order valence-electron chi connectivity index (χ3n) is 5.66. The summed E-state index contributed by atoms with van der Waals surface area (Å²) in [6.07, 6.45) is -0.328. The first-order valence-electron chi connectivity index (χ1n) is 9.59. The summed E-state index contributed by atoms with van der Waals surface area (Å²) in [6.45, 7) is 1.67. The number of aromatic nitrogens is 1. The molecule has 1 aromatic carbocycles. The molecular formula is C21H22F3N3O. The number of piperidine rings is 1. The Hall–Kier alpha value is -2.57. The molecule has 4 nitrogen and oxygen atoms in total. The molecule has 148 valence electrons. The summed E-state index contributed by atoms with van der Waals surface area (Å²) in [5.74, 6) is 0.292. The molecule has 0 radical (unpaired) electrons. The minimum Gasteiger partial charge on any atom is -0.356 e. The lowest BCUT2D eigenvalue weighted by atomic mass is 9.92. The van der Waals surface area contributed by atoms with Crippen LogP contribution in [0.15, 0.2) is 42.6 Å². The molecule has 1 fully saturated rings. The fraction of sp³-hybridized carbons (Fsp3) is 0.429. The van der Waals surface area contributed by atoms with Gasteiger partial charge in [0.2, 0.25) is 5.91 Å². The number of hydrogen-bond donors (Lipinski definition) is 0. The molecule has 1 saturated heterocycles. The van der Waals surface area contributed by atoms with Gasteiger partial charge in [0.1, 0.15) is 5.82 Å². The summed E-state index contributed by atoms with van der Waals surface area (Å²) in [4.78, 5) is 20.3. The number of rotatable bonds is 3. The summed E-state index contributed by atoms with van der Waals surface area (Å²) in [5, 5.41) is 0. The average Bonchev–Trinajstić information content (AvgIpc) is 3.12. The van der Waals surface area contributed by atoms with E-state index in [-0.39, 0.29) is 17.6 Å². The minimum atomic E-state index is -4.42. The Bertz CT molecular complexity index is 860. The number of hydrogen-bond acceptors (Lipinski definition) is 3. The zero-order chi connectivity index (χ0) is 19.7. The molecule has 7 heteroatoms. The molecule has 0 N–H and O–H groups in total. The van der Waals surface area contributed by atoms with Gasteiger partial charge in [-0.1, -0.05) is 18.2 Å². The van der Waals surface area contributed by atoms with Crippen molar-refractivity contribution < 1.29 is 18.0 Å². The molecule has 0 aliphatic carbocycles. The molecule has 4 rings (SSSR count). The highest BCUT2D eigenvalue weighted by molar-refractivity contribution is 5.95. The quantitative estimate of drug-likeness (QED) is 0.786. The highest BCUT2D eigenvalue weighted by Gasteiger charge is 2.36. The lowest BCUT2D eigenvalue weighted by Gasteiger charge is -2.34. The molecule has 0 saturated carbocycles. The maximum absolute atomic E-state index is 13.2. The molecular weight excluding hydrogens is 367 g/mol. The summed E-state index contributed by atoms with van der Waals surface area (Å²) in [6, 6.07) is 10.3. The van der Waals surface area contributed by atoms with Crippen molar-refractivity contribution in [1.82, 2.24) is 4.98 Å². The Balaban J connectivity index is 1.37. The zero-order valence-electron chi connectivity index (χ0n) is 15.5. The first-order valence-corrected chi connectivity index (χ1v) is 9.59. The highest BCUT2D eigenvalue weighted by atomic mass is 19.4. The van der Waals surface area contributed by atoms with Crippen LogP contribution in [0.25, 0.3) is 0 Å². The Morgan fingerprint density at radius 1 is 1.07 bits per heavy atom. The molecule has 0 bridgehead atoms. The summed E-state index contributed by atoms with van der Waals surface area (Å²) in [7, 11) is 0. The molecule has 2 aromatic rings. The third kappa shape index (κ3) is 3.70. The van der Waals surface area contributed by atoms with Crippen LogP contribution in [0.1, 0.15) is 30.4 Å². The Kier molecular flexibility index (Phi) is 5.00. The fourth-order valence-corrected chi connectivity index (χ4v) is 4.17. The Morgan fingerprint density at radius 2 is 1.82 bits per heavy atom. The van der Waals surface area contributed by atoms with Crippen LogP contribution in [-0.2, 0) is 17.4 Å². The second-order valence-corrected chi connectivity index (χ2v) is 7.43. The molecule has 0 unspecified atom stereocenters. The third-order valence-corrected chi connectivity index (χ3v) is 5.66. The fourth-order valence-electron chi connectivity index (χ4n) is 4.17. The number of carbonyl (C=O) groups is 1. The van der Waals surface area contributed by atoms with Crippen molar-refractivity contribution >= 4 is 17.4 Å². The number of alkyl halides is 3. The molecule has 0 spiro atoms. The van der Waals surface area contributed by atoms with Crippen LogP contribution < -0.4 is 9.80 Å². The number of halogens is 3. The van der Waals surface area contributed by atoms with Crippen molar-refractivity contribution in [3.05, 3.63) is 53.7 Å². The van der Waals surface area contributed by atoms with Crippen LogP contribution in [0.4, 0.5) is 24.7 Å². The maximum atomic E-state index is 13.2. The number of amides is 1. The second kappa shape index (κ2) is 7.45. The van der Waals surface area contributed by atoms with E-state index < -0.39 is 11.7 Å². The van der Waals surface area contributed by atoms with E-state index in [1.807, 2.05) is 29.2 Å². The summed E-state index contributed by atoms with van der Waals surface area (Å²) in [5.41, 5.74) is 1.49. The zero-order valence-corrected chi connectivity index (χ0v) is 15.5. The van der Waals surface area contributed by atoms with E-state index in [0.29, 0.717) is 38.9 Å². The van der Waals surface area contributed by atoms with Gasteiger partial charge in [0.25, 0.3) is 0 Å². The molecule has 1 aromatic heterocycles. The van der Waals surface area contributed by atoms with Crippen LogP contribution in [0, 0.1) is 5.92 Å². The van der Waals surface area contributed by atoms with Gasteiger partial charge in [-0.25, -0.2) is 4.98 Å². The maximum Gasteiger partial charge on any atom is 0.419 e. The van der Waals surface area contributed by atoms with E-state index >= 15 is 0 Å². The Morgan fingerprint density at radius 3 is 2.57 bits per heavy atom. The van der Waals surface area contributed by atoms with Crippen molar-refractivity contribution in [2.45, 2.75) is 31.9 Å². The number of carbonyl (C=O) groups excluding carboxylic acids is 1. The number of benzene rings is 1. The summed E-state index contributed by atoms with van der Waals surface area (Å²) < 4.78 is 39.7. The molecule has 1 amide bonds. The van der Waals surface area contributed by atoms with Crippen molar-refractivity contribution in [2.75, 3.05) is 29.4 Å². The predicted octanol–water partition coefficient (Wildman–Crippen LogP) is 4.30. The van der Waals surface area contributed by atoms with Crippen LogP contribution in [-0.4, -0.2) is 30.5 Å². The van der Waals surface area contributed by atoms with Gasteiger partial charge in [0.05, 0.1) is 5.56 Å². The van der Waals surface area contributed by atoms with E-state index in [9.17, 15) is 18.0 Å². The average molecular weight is 389 g/mol. The lowest BCUT2D eigenvalue weighted by molar-refractivity contribution is -0.137. The molecule has 0 atom stereocenters. The van der Waals surface area contributed by atoms with Crippen molar-refractivity contribution in [2.24, 2.45) is 5.92 Å². The van der Waals surface area contributed by atoms with Gasteiger partial charge < -0.3 is 9.80 Å². The van der Waals surface area contributed by atoms with Crippen LogP contribution >= 0.6 is 0 Å². The van der Waals surface area contributed by atoms with E-state index in [1.165, 1.54) is 17.8 Å². The van der Waals surface area contributed by atoms with Gasteiger partial charge in [0, 0.05) is 37.9 Å². The molecule has 2 aliphatic heterocycles. The molecule has 2 aliphatic rings. The molecule has 28 heavy (non-hydrogen) atoms. The van der Waals surface area contributed by atoms with Gasteiger partial charge in [-0.3, -0.25) is 4.79 Å². The van der Waals surface area contributed by atoms with E-state index in [1.54, 1.807) is 4.90 Å². The standard InChI is InChI=1S/C21H22F3N3O/c22-21(23,24)17-5-3-10-25-20(17)26-11-7-15(8-12-26)14-19(28)27-13-9-16-4-1-2-6-18(16)27/h1-6,10,15H,7-9,11-14H2. The SMILES string of the molecule is O=C(CC1CCN(c2ncccc2C(F)(F)F)CC1)N1CCc2ccccc21. The number of anilines is 2. The topological polar surface area (TPSA) is 36.4 Å². The first-order chi connectivity index (χ1) is 13.4. The number of pyridine rings is 1. The van der Waals surface area contributed by atoms with Crippen molar-refractivity contribution in [3.8, 4) is 0 Å². The van der Waals surface area contributed by atoms with E-state index in [2.05, 4.69) is 4.98 Å². The van der Waals surface area contributed by atoms with Gasteiger partial charge in [-0.05, 0) is 48.9 Å². The van der Waals surface area contributed by atoms with Crippen molar-refractivity contribution in [3.63, 3.8) is 0 Å². The van der Waals surface area contributed by atoms with Gasteiger partial charge >= 0.3 is 6.18 Å². The van der Waals surface area contributed by atoms with Crippen LogP contribution in [0.3, 0.4) is 0 Å². The van der Waals surface area contributed by atoms with Gasteiger partial charge in [-0.15, -0.1) is 0 Å². The number of para-hydroxylation sites is 1. The van der Waals surface area contributed by atoms with Gasteiger partial charge in [-0.2, -0.15) is 13.2 Å². The monoisotopic (exact) mass is 389 g/mol. The normalized spacial score (nSPS) is 17.7. The van der Waals surface area contributed by atoms with E-state index in [4.69, 9.17) is 0 Å². The minimum absolute atomic E-state index is 0.00625. The highest BCUT2D eigenvalue weighted by Crippen LogP contribution is 2.37. The van der Waals surface area contributed by atoms with Crippen LogP contribution in [0.5, 0.6) is 0 Å². The van der Waals surface area contributed by atoms with E-state index in [0.717, 1.165) is 18.2 Å². The van der Waals surface area contributed by atoms with Crippen molar-refractivity contribution in [1.29, 1.82) is 0 Å². The number of nitrogens with zero attached hydrogens (tertiary/aromatic N) is 3. The Labute approximate surface area is 162 Å². The lowest BCUT2D eigenvalue weighted by Crippen LogP contribution is -2.38. The summed E-state index contributed by atoms with van der Waals surface area (Å²) >= 11 is 0. The largest absolute Gasteiger partial charge is 0.419 e. The molecule has 3 heterocycles. The first kappa shape index (κ1) is 18.8. The smallest absolute Gasteiger partial charge is 0.356 e. The van der Waals surface area contributed by atoms with Gasteiger partial charge in [0.15, 0.2) is 0 Å².